The maximum atomic E-state index is 13.7. The molecule has 3 aromatic heterocycles. The van der Waals surface area contributed by atoms with E-state index in [1.165, 1.54) is 12.1 Å². The Balaban J connectivity index is 1.55. The van der Waals surface area contributed by atoms with Crippen LogP contribution >= 0.6 is 0 Å². The number of benzene rings is 1. The van der Waals surface area contributed by atoms with Crippen LogP contribution in [0.3, 0.4) is 0 Å². The largest absolute Gasteiger partial charge is 0.364 e. The van der Waals surface area contributed by atoms with Crippen LogP contribution in [-0.4, -0.2) is 49.8 Å². The summed E-state index contributed by atoms with van der Waals surface area (Å²) < 4.78 is 20.8. The van der Waals surface area contributed by atoms with Gasteiger partial charge in [0.25, 0.3) is 5.56 Å². The van der Waals surface area contributed by atoms with Gasteiger partial charge < -0.3 is 14.0 Å². The number of pyridine rings is 2. The van der Waals surface area contributed by atoms with E-state index in [1.807, 2.05) is 0 Å². The smallest absolute Gasteiger partial charge is 0.252 e. The fourth-order valence-electron chi connectivity index (χ4n) is 4.99. The van der Waals surface area contributed by atoms with E-state index in [4.69, 9.17) is 4.52 Å². The van der Waals surface area contributed by atoms with Crippen LogP contribution < -0.4 is 10.5 Å². The molecule has 1 unspecified atom stereocenters. The van der Waals surface area contributed by atoms with Gasteiger partial charge in [-0.25, -0.2) is 9.37 Å². The molecule has 4 heterocycles. The molecule has 9 nitrogen and oxygen atoms in total. The number of aryl methyl sites for hydroxylation is 2. The Morgan fingerprint density at radius 3 is 2.53 bits per heavy atom. The van der Waals surface area contributed by atoms with Gasteiger partial charge >= 0.3 is 0 Å². The van der Waals surface area contributed by atoms with Crippen LogP contribution in [0.5, 0.6) is 0 Å². The quantitative estimate of drug-likeness (QED) is 0.432. The van der Waals surface area contributed by atoms with Crippen molar-refractivity contribution in [3.63, 3.8) is 0 Å². The Morgan fingerprint density at radius 1 is 1.11 bits per heavy atom. The van der Waals surface area contributed by atoms with Crippen molar-refractivity contribution in [2.75, 3.05) is 18.0 Å². The van der Waals surface area contributed by atoms with Gasteiger partial charge in [0.1, 0.15) is 29.1 Å². The minimum Gasteiger partial charge on any atom is -0.364 e. The Hall–Kier alpha value is -4.10. The zero-order valence-electron chi connectivity index (χ0n) is 20.5. The first-order valence-corrected chi connectivity index (χ1v) is 11.8. The fraction of sp³-hybridized carbons (Fsp3) is 0.346. The van der Waals surface area contributed by atoms with Gasteiger partial charge in [-0.3, -0.25) is 9.69 Å². The van der Waals surface area contributed by atoms with Gasteiger partial charge in [-0.05, 0) is 50.6 Å². The maximum absolute atomic E-state index is 13.7. The van der Waals surface area contributed by atoms with Gasteiger partial charge in [-0.1, -0.05) is 17.3 Å². The van der Waals surface area contributed by atoms with Crippen molar-refractivity contribution in [1.82, 2.24) is 24.6 Å². The molecule has 1 aromatic carbocycles. The Labute approximate surface area is 207 Å². The summed E-state index contributed by atoms with van der Waals surface area (Å²) in [5.74, 6) is 0.667. The van der Waals surface area contributed by atoms with Crippen molar-refractivity contribution in [3.05, 3.63) is 81.6 Å². The van der Waals surface area contributed by atoms with Crippen LogP contribution in [0.25, 0.3) is 11.0 Å². The van der Waals surface area contributed by atoms with Gasteiger partial charge in [0.05, 0.1) is 11.2 Å². The van der Waals surface area contributed by atoms with Gasteiger partial charge in [-0.2, -0.15) is 10.2 Å². The molecule has 36 heavy (non-hydrogen) atoms. The molecule has 1 saturated heterocycles. The zero-order valence-corrected chi connectivity index (χ0v) is 20.5. The molecular weight excluding hydrogens is 461 g/mol. The normalized spacial score (nSPS) is 19.4. The van der Waals surface area contributed by atoms with E-state index in [1.54, 1.807) is 48.9 Å². The summed E-state index contributed by atoms with van der Waals surface area (Å²) in [6, 6.07) is 13.0. The van der Waals surface area contributed by atoms with E-state index in [9.17, 15) is 14.4 Å². The van der Waals surface area contributed by atoms with Crippen LogP contribution in [0.4, 0.5) is 10.1 Å². The molecule has 1 fully saturated rings. The third-order valence-corrected chi connectivity index (χ3v) is 6.82. The van der Waals surface area contributed by atoms with Crippen LogP contribution in [0, 0.1) is 24.1 Å². The maximum Gasteiger partial charge on any atom is 0.252 e. The standard InChI is InChI=1S/C26H26FN7O2/c1-15-14-34(25(26-29-17(3)31-36-26)18-5-7-19(27)8-6-18)16(2)13-33(15)22-11-23(35)32(4)21-10-9-20(12-28)30-24(21)22/h5-11,15-16,25H,13-14H2,1-4H3/t15-,16+,25?/m0/s1. The molecule has 0 amide bonds. The summed E-state index contributed by atoms with van der Waals surface area (Å²) in [6.45, 7) is 7.14. The lowest BCUT2D eigenvalue weighted by atomic mass is 9.98. The zero-order chi connectivity index (χ0) is 25.6. The molecule has 10 heteroatoms. The number of aromatic nitrogens is 4. The highest BCUT2D eigenvalue weighted by atomic mass is 19.1. The third-order valence-electron chi connectivity index (χ3n) is 6.82. The van der Waals surface area contributed by atoms with Gasteiger partial charge in [0.15, 0.2) is 5.82 Å². The van der Waals surface area contributed by atoms with E-state index in [-0.39, 0.29) is 29.5 Å². The number of rotatable bonds is 4. The lowest BCUT2D eigenvalue weighted by molar-refractivity contribution is 0.110. The van der Waals surface area contributed by atoms with Crippen molar-refractivity contribution in [1.29, 1.82) is 5.26 Å². The SMILES string of the molecule is Cc1noc(C(c2ccc(F)cc2)N2C[C@H](C)N(c3cc(=O)n(C)c4ccc(C#N)nc34)C[C@H]2C)n1. The molecule has 4 aromatic rings. The molecular formula is C26H26FN7O2. The molecule has 1 aliphatic heterocycles. The van der Waals surface area contributed by atoms with Crippen LogP contribution in [0.1, 0.15) is 42.9 Å². The summed E-state index contributed by atoms with van der Waals surface area (Å²) >= 11 is 0. The highest BCUT2D eigenvalue weighted by molar-refractivity contribution is 5.89. The van der Waals surface area contributed by atoms with E-state index in [0.29, 0.717) is 47.2 Å². The van der Waals surface area contributed by atoms with E-state index in [0.717, 1.165) is 5.56 Å². The molecule has 0 bridgehead atoms. The van der Waals surface area contributed by atoms with Crippen molar-refractivity contribution < 1.29 is 8.91 Å². The number of hydrogen-bond acceptors (Lipinski definition) is 8. The minimum absolute atomic E-state index is 0.00159. The Kier molecular flexibility index (Phi) is 6.02. The fourth-order valence-corrected chi connectivity index (χ4v) is 4.99. The number of hydrogen-bond donors (Lipinski definition) is 0. The Morgan fingerprint density at radius 2 is 1.86 bits per heavy atom. The summed E-state index contributed by atoms with van der Waals surface area (Å²) in [7, 11) is 1.70. The molecule has 0 radical (unpaired) electrons. The van der Waals surface area contributed by atoms with Crippen LogP contribution in [0.2, 0.25) is 0 Å². The molecule has 0 saturated carbocycles. The predicted molar refractivity (Wildman–Crippen MR) is 132 cm³/mol. The van der Waals surface area contributed by atoms with Crippen molar-refractivity contribution in [3.8, 4) is 6.07 Å². The number of anilines is 1. The molecule has 184 valence electrons. The summed E-state index contributed by atoms with van der Waals surface area (Å²) in [5, 5.41) is 13.4. The molecule has 0 spiro atoms. The minimum atomic E-state index is -0.352. The third kappa shape index (κ3) is 4.12. The first-order chi connectivity index (χ1) is 17.3. The average molecular weight is 488 g/mol. The second-order valence-electron chi connectivity index (χ2n) is 9.28. The first kappa shape index (κ1) is 23.6. The number of piperazine rings is 1. The van der Waals surface area contributed by atoms with Crippen molar-refractivity contribution >= 4 is 16.7 Å². The lowest BCUT2D eigenvalue weighted by Gasteiger charge is -2.47. The van der Waals surface area contributed by atoms with E-state index >= 15 is 0 Å². The Bertz CT molecular complexity index is 1520. The molecule has 3 atom stereocenters. The number of nitrogens with zero attached hydrogens (tertiary/aromatic N) is 7. The van der Waals surface area contributed by atoms with Gasteiger partial charge in [-0.15, -0.1) is 0 Å². The van der Waals surface area contributed by atoms with Crippen LogP contribution in [0.15, 0.2) is 51.8 Å². The highest BCUT2D eigenvalue weighted by Gasteiger charge is 2.38. The van der Waals surface area contributed by atoms with Gasteiger partial charge in [0.2, 0.25) is 5.89 Å². The monoisotopic (exact) mass is 487 g/mol. The second kappa shape index (κ2) is 9.17. The topological polar surface area (TPSA) is 104 Å². The second-order valence-corrected chi connectivity index (χ2v) is 9.28. The lowest BCUT2D eigenvalue weighted by Crippen LogP contribution is -2.57. The summed E-state index contributed by atoms with van der Waals surface area (Å²) in [6.07, 6.45) is 0. The average Bonchev–Trinajstić information content (AvgIpc) is 3.30. The molecule has 1 aliphatic rings. The molecule has 0 N–H and O–H groups in total. The van der Waals surface area contributed by atoms with Crippen molar-refractivity contribution in [2.24, 2.45) is 7.05 Å². The van der Waals surface area contributed by atoms with E-state index < -0.39 is 0 Å². The number of fused-ring (bicyclic) bond motifs is 1. The molecule has 5 rings (SSSR count). The van der Waals surface area contributed by atoms with Crippen LogP contribution in [-0.2, 0) is 7.05 Å². The van der Waals surface area contributed by atoms with E-state index in [2.05, 4.69) is 44.8 Å². The highest BCUT2D eigenvalue weighted by Crippen LogP contribution is 2.35. The predicted octanol–water partition coefficient (Wildman–Crippen LogP) is 3.32. The number of nitriles is 1. The van der Waals surface area contributed by atoms with Gasteiger partial charge in [0, 0.05) is 38.3 Å². The summed E-state index contributed by atoms with van der Waals surface area (Å²) in [5.41, 5.74) is 3.00. The number of halogens is 1. The molecule has 0 aliphatic carbocycles. The first-order valence-electron chi connectivity index (χ1n) is 11.8. The summed E-state index contributed by atoms with van der Waals surface area (Å²) in [4.78, 5) is 26.3. The van der Waals surface area contributed by atoms with Crippen molar-refractivity contribution in [2.45, 2.75) is 38.9 Å².